The Morgan fingerprint density at radius 3 is 2.55 bits per heavy atom. The molecule has 0 atom stereocenters. The molecule has 0 unspecified atom stereocenters. The molecule has 20 heavy (non-hydrogen) atoms. The maximum Gasteiger partial charge on any atom is 0.252 e. The van der Waals surface area contributed by atoms with E-state index in [0.29, 0.717) is 23.2 Å². The monoisotopic (exact) mass is 316 g/mol. The van der Waals surface area contributed by atoms with Gasteiger partial charge in [0, 0.05) is 18.0 Å². The van der Waals surface area contributed by atoms with Crippen molar-refractivity contribution in [1.82, 2.24) is 9.62 Å². The molecule has 0 aliphatic carbocycles. The van der Waals surface area contributed by atoms with Crippen molar-refractivity contribution >= 4 is 21.4 Å². The molecule has 6 heteroatoms. The van der Waals surface area contributed by atoms with Gasteiger partial charge >= 0.3 is 0 Å². The van der Waals surface area contributed by atoms with Crippen LogP contribution in [0.3, 0.4) is 0 Å². The average molecular weight is 316 g/mol. The summed E-state index contributed by atoms with van der Waals surface area (Å²) in [6.07, 6.45) is 2.81. The number of sulfonamides is 1. The molecule has 0 spiro atoms. The Bertz CT molecular complexity index is 517. The minimum absolute atomic E-state index is 0.500. The third-order valence-electron chi connectivity index (χ3n) is 3.84. The number of aryl methyl sites for hydroxylation is 1. The van der Waals surface area contributed by atoms with Crippen LogP contribution in [0.5, 0.6) is 0 Å². The molecule has 114 valence electrons. The summed E-state index contributed by atoms with van der Waals surface area (Å²) in [6.45, 7) is 7.43. The maximum atomic E-state index is 12.6. The number of nitrogens with zero attached hydrogens (tertiary/aromatic N) is 1. The van der Waals surface area contributed by atoms with E-state index in [1.54, 1.807) is 10.4 Å². The molecule has 2 heterocycles. The van der Waals surface area contributed by atoms with Gasteiger partial charge in [-0.25, -0.2) is 8.42 Å². The first-order valence-corrected chi connectivity index (χ1v) is 9.63. The topological polar surface area (TPSA) is 49.4 Å². The molecule has 0 amide bonds. The van der Waals surface area contributed by atoms with Gasteiger partial charge < -0.3 is 5.32 Å². The molecule has 1 saturated heterocycles. The third kappa shape index (κ3) is 3.61. The van der Waals surface area contributed by atoms with Gasteiger partial charge in [0.25, 0.3) is 10.0 Å². The van der Waals surface area contributed by atoms with E-state index in [0.717, 1.165) is 37.2 Å². The summed E-state index contributed by atoms with van der Waals surface area (Å²) >= 11 is 1.41. The Morgan fingerprint density at radius 1 is 1.30 bits per heavy atom. The SMILES string of the molecule is CCNCC1CCN(S(=O)(=O)c2ccc(CC)s2)CC1. The predicted molar refractivity (Wildman–Crippen MR) is 83.7 cm³/mol. The van der Waals surface area contributed by atoms with Crippen LogP contribution >= 0.6 is 11.3 Å². The first-order valence-electron chi connectivity index (χ1n) is 7.37. The largest absolute Gasteiger partial charge is 0.317 e. The summed E-state index contributed by atoms with van der Waals surface area (Å²) < 4.78 is 27.3. The van der Waals surface area contributed by atoms with E-state index >= 15 is 0 Å². The molecule has 1 aliphatic rings. The summed E-state index contributed by atoms with van der Waals surface area (Å²) in [4.78, 5) is 1.13. The minimum Gasteiger partial charge on any atom is -0.317 e. The zero-order chi connectivity index (χ0) is 14.6. The number of nitrogens with one attached hydrogen (secondary N) is 1. The Labute approximate surface area is 126 Å². The van der Waals surface area contributed by atoms with E-state index in [2.05, 4.69) is 19.2 Å². The van der Waals surface area contributed by atoms with Crippen LogP contribution in [0.25, 0.3) is 0 Å². The molecule has 0 bridgehead atoms. The summed E-state index contributed by atoms with van der Waals surface area (Å²) in [5.41, 5.74) is 0. The maximum absolute atomic E-state index is 12.6. The molecule has 1 fully saturated rings. The molecule has 1 aliphatic heterocycles. The highest BCUT2D eigenvalue weighted by Gasteiger charge is 2.30. The van der Waals surface area contributed by atoms with Crippen molar-refractivity contribution in [3.63, 3.8) is 0 Å². The van der Waals surface area contributed by atoms with Gasteiger partial charge in [-0.1, -0.05) is 13.8 Å². The van der Waals surface area contributed by atoms with Crippen molar-refractivity contribution in [2.75, 3.05) is 26.2 Å². The van der Waals surface area contributed by atoms with Crippen molar-refractivity contribution in [2.45, 2.75) is 37.3 Å². The lowest BCUT2D eigenvalue weighted by molar-refractivity contribution is 0.269. The van der Waals surface area contributed by atoms with Crippen LogP contribution in [0.15, 0.2) is 16.3 Å². The van der Waals surface area contributed by atoms with Gasteiger partial charge in [0.2, 0.25) is 0 Å². The summed E-state index contributed by atoms with van der Waals surface area (Å²) in [5.74, 6) is 0.607. The van der Waals surface area contributed by atoms with E-state index in [4.69, 9.17) is 0 Å². The number of rotatable bonds is 6. The third-order valence-corrected chi connectivity index (χ3v) is 7.43. The quantitative estimate of drug-likeness (QED) is 0.876. The van der Waals surface area contributed by atoms with Crippen LogP contribution in [0.1, 0.15) is 31.6 Å². The molecule has 4 nitrogen and oxygen atoms in total. The second-order valence-electron chi connectivity index (χ2n) is 5.23. The molecule has 2 rings (SSSR count). The van der Waals surface area contributed by atoms with Crippen LogP contribution in [0, 0.1) is 5.92 Å². The molecule has 0 saturated carbocycles. The zero-order valence-electron chi connectivity index (χ0n) is 12.3. The Hall–Kier alpha value is -0.430. The smallest absolute Gasteiger partial charge is 0.252 e. The van der Waals surface area contributed by atoms with Gasteiger partial charge in [-0.05, 0) is 50.4 Å². The highest BCUT2D eigenvalue weighted by atomic mass is 32.2. The lowest BCUT2D eigenvalue weighted by Crippen LogP contribution is -2.40. The van der Waals surface area contributed by atoms with Gasteiger partial charge in [0.15, 0.2) is 0 Å². The predicted octanol–water partition coefficient (Wildman–Crippen LogP) is 2.32. The molecule has 1 aromatic heterocycles. The van der Waals surface area contributed by atoms with E-state index in [-0.39, 0.29) is 0 Å². The second-order valence-corrected chi connectivity index (χ2v) is 8.56. The number of thiophene rings is 1. The fourth-order valence-corrected chi connectivity index (χ4v) is 5.44. The van der Waals surface area contributed by atoms with Crippen molar-refractivity contribution in [3.8, 4) is 0 Å². The minimum atomic E-state index is -3.26. The van der Waals surface area contributed by atoms with Gasteiger partial charge in [-0.3, -0.25) is 0 Å². The van der Waals surface area contributed by atoms with Crippen LogP contribution in [0.2, 0.25) is 0 Å². The van der Waals surface area contributed by atoms with Crippen molar-refractivity contribution in [3.05, 3.63) is 17.0 Å². The lowest BCUT2D eigenvalue weighted by Gasteiger charge is -2.30. The van der Waals surface area contributed by atoms with Crippen LogP contribution in [-0.4, -0.2) is 38.9 Å². The van der Waals surface area contributed by atoms with Gasteiger partial charge in [-0.15, -0.1) is 11.3 Å². The molecule has 1 N–H and O–H groups in total. The molecule has 1 aromatic rings. The van der Waals surface area contributed by atoms with Gasteiger partial charge in [0.05, 0.1) is 0 Å². The van der Waals surface area contributed by atoms with Crippen LogP contribution in [-0.2, 0) is 16.4 Å². The first kappa shape index (κ1) is 15.9. The number of piperidine rings is 1. The Morgan fingerprint density at radius 2 is 2.00 bits per heavy atom. The highest BCUT2D eigenvalue weighted by Crippen LogP contribution is 2.28. The van der Waals surface area contributed by atoms with Crippen molar-refractivity contribution in [1.29, 1.82) is 0 Å². The molecular formula is C14H24N2O2S2. The normalized spacial score (nSPS) is 18.5. The van der Waals surface area contributed by atoms with E-state index in [1.807, 2.05) is 6.07 Å². The Balaban J connectivity index is 1.98. The van der Waals surface area contributed by atoms with Gasteiger partial charge in [-0.2, -0.15) is 4.31 Å². The number of hydrogen-bond acceptors (Lipinski definition) is 4. The molecule has 0 aromatic carbocycles. The van der Waals surface area contributed by atoms with E-state index in [1.165, 1.54) is 11.3 Å². The second kappa shape index (κ2) is 7.02. The summed E-state index contributed by atoms with van der Waals surface area (Å²) in [7, 11) is -3.26. The molecular weight excluding hydrogens is 292 g/mol. The standard InChI is InChI=1S/C14H24N2O2S2/c1-3-13-5-6-14(19-13)20(17,18)16-9-7-12(8-10-16)11-15-4-2/h5-6,12,15H,3-4,7-11H2,1-2H3. The fourth-order valence-electron chi connectivity index (χ4n) is 2.52. The van der Waals surface area contributed by atoms with Crippen molar-refractivity contribution < 1.29 is 8.42 Å². The molecule has 0 radical (unpaired) electrons. The fraction of sp³-hybridized carbons (Fsp3) is 0.714. The highest BCUT2D eigenvalue weighted by molar-refractivity contribution is 7.91. The van der Waals surface area contributed by atoms with Crippen LogP contribution < -0.4 is 5.32 Å². The van der Waals surface area contributed by atoms with Gasteiger partial charge in [0.1, 0.15) is 4.21 Å². The van der Waals surface area contributed by atoms with Crippen molar-refractivity contribution in [2.24, 2.45) is 5.92 Å². The zero-order valence-corrected chi connectivity index (χ0v) is 13.9. The average Bonchev–Trinajstić information content (AvgIpc) is 2.95. The number of hydrogen-bond donors (Lipinski definition) is 1. The summed E-state index contributed by atoms with van der Waals surface area (Å²) in [5, 5.41) is 3.35. The van der Waals surface area contributed by atoms with Crippen LogP contribution in [0.4, 0.5) is 0 Å². The first-order chi connectivity index (χ1) is 9.57. The van der Waals surface area contributed by atoms with E-state index < -0.39 is 10.0 Å². The van der Waals surface area contributed by atoms with E-state index in [9.17, 15) is 8.42 Å². The summed E-state index contributed by atoms with van der Waals surface area (Å²) in [6, 6.07) is 3.68. The lowest BCUT2D eigenvalue weighted by atomic mass is 9.98. The Kier molecular flexibility index (Phi) is 5.60.